The summed E-state index contributed by atoms with van der Waals surface area (Å²) in [7, 11) is 1.34. The van der Waals surface area contributed by atoms with Crippen LogP contribution in [0.2, 0.25) is 0 Å². The van der Waals surface area contributed by atoms with Gasteiger partial charge in [0, 0.05) is 50.2 Å². The number of carbonyl (C=O) groups excluding carboxylic acids is 1. The van der Waals surface area contributed by atoms with Gasteiger partial charge < -0.3 is 9.80 Å². The number of benzene rings is 2. The summed E-state index contributed by atoms with van der Waals surface area (Å²) in [6.45, 7) is 5.88. The third-order valence-electron chi connectivity index (χ3n) is 6.73. The van der Waals surface area contributed by atoms with E-state index in [1.165, 1.54) is 30.3 Å². The fourth-order valence-corrected chi connectivity index (χ4v) is 5.96. The topological polar surface area (TPSA) is 89.6 Å². The summed E-state index contributed by atoms with van der Waals surface area (Å²) < 4.78 is 44.0. The number of carbonyl (C=O) groups is 1. The number of piperazine rings is 1. The van der Waals surface area contributed by atoms with Gasteiger partial charge in [0.15, 0.2) is 0 Å². The molecule has 10 heteroatoms. The molecule has 0 unspecified atom stereocenters. The lowest BCUT2D eigenvalue weighted by Gasteiger charge is -2.32. The predicted molar refractivity (Wildman–Crippen MR) is 145 cm³/mol. The quantitative estimate of drug-likeness (QED) is 0.248. The molecule has 0 N–H and O–H groups in total. The van der Waals surface area contributed by atoms with Crippen LogP contribution in [-0.4, -0.2) is 86.7 Å². The maximum atomic E-state index is 15.4. The first-order valence-electron chi connectivity index (χ1n) is 12.4. The van der Waals surface area contributed by atoms with Crippen LogP contribution in [0.15, 0.2) is 59.0 Å². The van der Waals surface area contributed by atoms with E-state index in [-0.39, 0.29) is 21.7 Å². The molecule has 0 saturated carbocycles. The summed E-state index contributed by atoms with van der Waals surface area (Å²) in [4.78, 5) is 19.6. The molecule has 2 aromatic carbocycles. The van der Waals surface area contributed by atoms with Crippen molar-refractivity contribution in [3.63, 3.8) is 0 Å². The van der Waals surface area contributed by atoms with E-state index in [1.54, 1.807) is 37.2 Å². The van der Waals surface area contributed by atoms with Crippen LogP contribution in [0.3, 0.4) is 0 Å². The normalized spacial score (nSPS) is 15.8. The van der Waals surface area contributed by atoms with E-state index in [0.717, 1.165) is 35.7 Å². The highest BCUT2D eigenvalue weighted by atomic mass is 32.2. The van der Waals surface area contributed by atoms with Crippen molar-refractivity contribution in [3.8, 4) is 6.07 Å². The number of hydrogen-bond donors (Lipinski definition) is 0. The number of aryl methyl sites for hydroxylation is 1. The first kappa shape index (κ1) is 27.7. The summed E-state index contributed by atoms with van der Waals surface area (Å²) in [5.41, 5.74) is 0.965. The van der Waals surface area contributed by atoms with Gasteiger partial charge in [0.25, 0.3) is 10.0 Å². The lowest BCUT2D eigenvalue weighted by atomic mass is 10.1. The van der Waals surface area contributed by atoms with Crippen LogP contribution in [0.25, 0.3) is 10.9 Å². The summed E-state index contributed by atoms with van der Waals surface area (Å²) in [5, 5.41) is 10.1. The van der Waals surface area contributed by atoms with Gasteiger partial charge in [-0.05, 0) is 64.5 Å². The SMILES string of the molecule is Cc1ccc(S(=O)(=O)n2c(C(=O)/C(C#N)=C/CN(C)C)cc3cc(CN4CCN(C)CC4)c(F)cc32)cc1. The minimum absolute atomic E-state index is 0.0349. The van der Waals surface area contributed by atoms with E-state index < -0.39 is 21.6 Å². The fraction of sp³-hybridized carbons (Fsp3) is 0.357. The van der Waals surface area contributed by atoms with Gasteiger partial charge >= 0.3 is 0 Å². The smallest absolute Gasteiger partial charge is 0.268 e. The van der Waals surface area contributed by atoms with Crippen molar-refractivity contribution in [2.75, 3.05) is 53.9 Å². The number of nitrogens with zero attached hydrogens (tertiary/aromatic N) is 5. The van der Waals surface area contributed by atoms with Crippen LogP contribution in [0, 0.1) is 24.1 Å². The van der Waals surface area contributed by atoms with Crippen molar-refractivity contribution in [2.24, 2.45) is 0 Å². The maximum absolute atomic E-state index is 15.4. The Morgan fingerprint density at radius 2 is 1.76 bits per heavy atom. The number of nitriles is 1. The lowest BCUT2D eigenvalue weighted by Crippen LogP contribution is -2.44. The minimum atomic E-state index is -4.28. The number of halogens is 1. The molecular weight excluding hydrogens is 505 g/mol. The summed E-state index contributed by atoms with van der Waals surface area (Å²) in [6.07, 6.45) is 1.46. The Morgan fingerprint density at radius 3 is 2.37 bits per heavy atom. The highest BCUT2D eigenvalue weighted by molar-refractivity contribution is 7.90. The van der Waals surface area contributed by atoms with Gasteiger partial charge in [-0.15, -0.1) is 0 Å². The molecule has 0 bridgehead atoms. The van der Waals surface area contributed by atoms with E-state index in [4.69, 9.17) is 0 Å². The average Bonchev–Trinajstić information content (AvgIpc) is 3.25. The van der Waals surface area contributed by atoms with Gasteiger partial charge in [-0.1, -0.05) is 17.7 Å². The van der Waals surface area contributed by atoms with Crippen molar-refractivity contribution < 1.29 is 17.6 Å². The van der Waals surface area contributed by atoms with Crippen molar-refractivity contribution in [1.29, 1.82) is 5.26 Å². The Labute approximate surface area is 223 Å². The molecule has 38 heavy (non-hydrogen) atoms. The third kappa shape index (κ3) is 5.71. The fourth-order valence-electron chi connectivity index (χ4n) is 4.46. The molecule has 0 aliphatic carbocycles. The summed E-state index contributed by atoms with van der Waals surface area (Å²) in [6, 6.07) is 12.4. The molecule has 8 nitrogen and oxygen atoms in total. The number of likely N-dealkylation sites (N-methyl/N-ethyl adjacent to an activating group) is 2. The zero-order chi connectivity index (χ0) is 27.6. The predicted octanol–water partition coefficient (Wildman–Crippen LogP) is 3.27. The van der Waals surface area contributed by atoms with Gasteiger partial charge in [-0.2, -0.15) is 5.26 Å². The number of aromatic nitrogens is 1. The molecule has 3 aromatic rings. The van der Waals surface area contributed by atoms with Crippen LogP contribution in [0.4, 0.5) is 4.39 Å². The molecule has 1 fully saturated rings. The van der Waals surface area contributed by atoms with Crippen molar-refractivity contribution in [3.05, 3.63) is 76.8 Å². The molecule has 1 aromatic heterocycles. The molecule has 2 heterocycles. The van der Waals surface area contributed by atoms with Gasteiger partial charge in [-0.25, -0.2) is 16.8 Å². The van der Waals surface area contributed by atoms with Crippen molar-refractivity contribution in [1.82, 2.24) is 18.7 Å². The minimum Gasteiger partial charge on any atom is -0.306 e. The van der Waals surface area contributed by atoms with Crippen LogP contribution in [-0.2, 0) is 16.6 Å². The first-order chi connectivity index (χ1) is 18.0. The van der Waals surface area contributed by atoms with Gasteiger partial charge in [-0.3, -0.25) is 9.69 Å². The number of fused-ring (bicyclic) bond motifs is 1. The molecule has 1 saturated heterocycles. The molecule has 0 atom stereocenters. The Morgan fingerprint density at radius 1 is 1.11 bits per heavy atom. The van der Waals surface area contributed by atoms with Crippen LogP contribution >= 0.6 is 0 Å². The second kappa shape index (κ2) is 11.2. The third-order valence-corrected chi connectivity index (χ3v) is 8.47. The largest absolute Gasteiger partial charge is 0.306 e. The summed E-state index contributed by atoms with van der Waals surface area (Å²) >= 11 is 0. The number of Topliss-reactive ketones (excluding diaryl/α,β-unsaturated/α-hetero) is 1. The lowest BCUT2D eigenvalue weighted by molar-refractivity contribution is 0.103. The second-order valence-electron chi connectivity index (χ2n) is 10.0. The Kier molecular flexibility index (Phi) is 8.13. The molecule has 0 amide bonds. The molecule has 0 radical (unpaired) electrons. The van der Waals surface area contributed by atoms with Gasteiger partial charge in [0.05, 0.1) is 16.0 Å². The number of ketones is 1. The van der Waals surface area contributed by atoms with E-state index in [9.17, 15) is 18.5 Å². The monoisotopic (exact) mass is 537 g/mol. The number of rotatable bonds is 8. The summed E-state index contributed by atoms with van der Waals surface area (Å²) in [5.74, 6) is -1.28. The number of hydrogen-bond acceptors (Lipinski definition) is 7. The van der Waals surface area contributed by atoms with E-state index in [0.29, 0.717) is 24.0 Å². The molecular formula is C28H32FN5O3S. The van der Waals surface area contributed by atoms with E-state index in [1.807, 2.05) is 20.0 Å². The maximum Gasteiger partial charge on any atom is 0.268 e. The zero-order valence-electron chi connectivity index (χ0n) is 22.1. The van der Waals surface area contributed by atoms with E-state index in [2.05, 4.69) is 9.80 Å². The first-order valence-corrected chi connectivity index (χ1v) is 13.8. The Hall–Kier alpha value is -3.36. The molecule has 1 aliphatic rings. The highest BCUT2D eigenvalue weighted by Crippen LogP contribution is 2.30. The van der Waals surface area contributed by atoms with E-state index >= 15 is 4.39 Å². The van der Waals surface area contributed by atoms with Crippen molar-refractivity contribution >= 4 is 26.7 Å². The molecule has 4 rings (SSSR count). The van der Waals surface area contributed by atoms with Crippen molar-refractivity contribution in [2.45, 2.75) is 18.4 Å². The highest BCUT2D eigenvalue weighted by Gasteiger charge is 2.29. The van der Waals surface area contributed by atoms with Crippen LogP contribution in [0.5, 0.6) is 0 Å². The second-order valence-corrected chi connectivity index (χ2v) is 11.8. The number of allylic oxidation sites excluding steroid dienone is 1. The van der Waals surface area contributed by atoms with Gasteiger partial charge in [0.1, 0.15) is 17.6 Å². The molecule has 0 spiro atoms. The standard InChI is InChI=1S/C28H32FN5O3S/c1-20-5-7-24(8-6-20)38(36,37)34-26-17-25(29)23(19-33-13-11-32(4)12-14-33)15-22(26)16-27(34)28(35)21(18-30)9-10-31(2)3/h5-9,15-17H,10-14,19H2,1-4H3/b21-9+. The molecule has 1 aliphatic heterocycles. The Bertz CT molecular complexity index is 1530. The Balaban J connectivity index is 1.87. The van der Waals surface area contributed by atoms with Crippen LogP contribution in [0.1, 0.15) is 21.6 Å². The average molecular weight is 538 g/mol. The zero-order valence-corrected chi connectivity index (χ0v) is 22.9. The van der Waals surface area contributed by atoms with Crippen LogP contribution < -0.4 is 0 Å². The molecule has 200 valence electrons. The van der Waals surface area contributed by atoms with Gasteiger partial charge in [0.2, 0.25) is 5.78 Å².